The Hall–Kier alpha value is -2.08. The van der Waals surface area contributed by atoms with Gasteiger partial charge in [-0.15, -0.1) is 0 Å². The number of carbonyl (C=O) groups excluding carboxylic acids is 1. The van der Waals surface area contributed by atoms with Crippen LogP contribution in [-0.2, 0) is 11.3 Å². The first-order chi connectivity index (χ1) is 9.40. The molecule has 6 nitrogen and oxygen atoms in total. The lowest BCUT2D eigenvalue weighted by Gasteiger charge is -2.18. The molecular formula is C14H20N2O4. The van der Waals surface area contributed by atoms with Crippen LogP contribution in [0.25, 0.3) is 0 Å². The number of carboxylic acids is 1. The summed E-state index contributed by atoms with van der Waals surface area (Å²) in [4.78, 5) is 23.7. The summed E-state index contributed by atoms with van der Waals surface area (Å²) < 4.78 is 0. The summed E-state index contributed by atoms with van der Waals surface area (Å²) in [5, 5.41) is 20.2. The first-order valence-corrected chi connectivity index (χ1v) is 6.35. The fourth-order valence-electron chi connectivity index (χ4n) is 1.73. The van der Waals surface area contributed by atoms with Gasteiger partial charge in [-0.05, 0) is 12.5 Å². The number of hydrogen-bond donors (Lipinski definition) is 3. The molecule has 1 rings (SSSR count). The number of aliphatic hydroxyl groups excluding tert-OH is 1. The number of hydrogen-bond acceptors (Lipinski definition) is 3. The third kappa shape index (κ3) is 5.27. The first kappa shape index (κ1) is 16.0. The quantitative estimate of drug-likeness (QED) is 0.724. The normalized spacial score (nSPS) is 11.8. The predicted molar refractivity (Wildman–Crippen MR) is 74.3 cm³/mol. The standard InChI is InChI=1S/C14H20N2O4/c1-10-4-3-5-11(8-10)9-16(2)14(20)15-7-6-12(17)13(18)19/h3-5,8,12,17H,6-7,9H2,1-2H3,(H,15,20)(H,18,19). The molecule has 3 N–H and O–H groups in total. The lowest BCUT2D eigenvalue weighted by molar-refractivity contribution is -0.146. The SMILES string of the molecule is Cc1cccc(CN(C)C(=O)NCCC(O)C(=O)O)c1. The van der Waals surface area contributed by atoms with Gasteiger partial charge in [0.15, 0.2) is 6.10 Å². The summed E-state index contributed by atoms with van der Waals surface area (Å²) in [6, 6.07) is 7.54. The number of aryl methyl sites for hydroxylation is 1. The van der Waals surface area contributed by atoms with Gasteiger partial charge in [0.2, 0.25) is 0 Å². The minimum absolute atomic E-state index is 0.0145. The lowest BCUT2D eigenvalue weighted by Crippen LogP contribution is -2.38. The van der Waals surface area contributed by atoms with Crippen LogP contribution in [0.3, 0.4) is 0 Å². The molecule has 0 bridgehead atoms. The number of nitrogens with one attached hydrogen (secondary N) is 1. The molecule has 0 aliphatic heterocycles. The van der Waals surface area contributed by atoms with Crippen LogP contribution in [0.1, 0.15) is 17.5 Å². The number of rotatable bonds is 6. The molecule has 1 aromatic carbocycles. The average Bonchev–Trinajstić information content (AvgIpc) is 2.38. The molecule has 6 heteroatoms. The fraction of sp³-hybridized carbons (Fsp3) is 0.429. The molecule has 0 radical (unpaired) electrons. The van der Waals surface area contributed by atoms with E-state index >= 15 is 0 Å². The van der Waals surface area contributed by atoms with Gasteiger partial charge in [0.25, 0.3) is 0 Å². The summed E-state index contributed by atoms with van der Waals surface area (Å²) in [5.41, 5.74) is 2.15. The van der Waals surface area contributed by atoms with E-state index < -0.39 is 12.1 Å². The van der Waals surface area contributed by atoms with Crippen LogP contribution in [0.5, 0.6) is 0 Å². The number of aliphatic carboxylic acids is 1. The van der Waals surface area contributed by atoms with Gasteiger partial charge in [0.1, 0.15) is 0 Å². The highest BCUT2D eigenvalue weighted by Gasteiger charge is 2.14. The van der Waals surface area contributed by atoms with Gasteiger partial charge < -0.3 is 20.4 Å². The van der Waals surface area contributed by atoms with Crippen molar-refractivity contribution in [1.29, 1.82) is 0 Å². The topological polar surface area (TPSA) is 89.9 Å². The maximum absolute atomic E-state index is 11.8. The Kier molecular flexibility index (Phi) is 5.99. The van der Waals surface area contributed by atoms with E-state index in [4.69, 9.17) is 10.2 Å². The van der Waals surface area contributed by atoms with E-state index in [1.165, 1.54) is 4.90 Å². The van der Waals surface area contributed by atoms with Crippen molar-refractivity contribution < 1.29 is 19.8 Å². The predicted octanol–water partition coefficient (Wildman–Crippen LogP) is 0.972. The molecule has 0 aliphatic rings. The smallest absolute Gasteiger partial charge is 0.332 e. The Morgan fingerprint density at radius 3 is 2.70 bits per heavy atom. The van der Waals surface area contributed by atoms with Gasteiger partial charge in [0.05, 0.1) is 0 Å². The maximum Gasteiger partial charge on any atom is 0.332 e. The number of amides is 2. The van der Waals surface area contributed by atoms with E-state index in [2.05, 4.69) is 5.32 Å². The van der Waals surface area contributed by atoms with Crippen LogP contribution in [0.15, 0.2) is 24.3 Å². The van der Waals surface area contributed by atoms with Crippen LogP contribution in [-0.4, -0.2) is 46.8 Å². The van der Waals surface area contributed by atoms with Crippen LogP contribution in [0.2, 0.25) is 0 Å². The maximum atomic E-state index is 11.8. The van der Waals surface area contributed by atoms with E-state index in [0.29, 0.717) is 6.54 Å². The van der Waals surface area contributed by atoms with E-state index in [9.17, 15) is 9.59 Å². The second-order valence-corrected chi connectivity index (χ2v) is 4.72. The van der Waals surface area contributed by atoms with E-state index in [0.717, 1.165) is 11.1 Å². The second kappa shape index (κ2) is 7.49. The third-order valence-electron chi connectivity index (χ3n) is 2.83. The minimum atomic E-state index is -1.45. The average molecular weight is 280 g/mol. The van der Waals surface area contributed by atoms with Crippen LogP contribution in [0.4, 0.5) is 4.79 Å². The van der Waals surface area contributed by atoms with Crippen molar-refractivity contribution >= 4 is 12.0 Å². The molecule has 1 atom stereocenters. The zero-order valence-electron chi connectivity index (χ0n) is 11.7. The number of benzene rings is 1. The molecule has 0 heterocycles. The van der Waals surface area contributed by atoms with Crippen molar-refractivity contribution in [1.82, 2.24) is 10.2 Å². The summed E-state index contributed by atoms with van der Waals surface area (Å²) in [6.07, 6.45) is -1.46. The zero-order chi connectivity index (χ0) is 15.1. The summed E-state index contributed by atoms with van der Waals surface area (Å²) in [7, 11) is 1.66. The summed E-state index contributed by atoms with van der Waals surface area (Å²) in [6.45, 7) is 2.57. The summed E-state index contributed by atoms with van der Waals surface area (Å²) in [5.74, 6) is -1.28. The highest BCUT2D eigenvalue weighted by Crippen LogP contribution is 2.06. The Morgan fingerprint density at radius 1 is 1.40 bits per heavy atom. The Balaban J connectivity index is 2.38. The van der Waals surface area contributed by atoms with Crippen molar-refractivity contribution in [3.8, 4) is 0 Å². The van der Waals surface area contributed by atoms with E-state index in [1.807, 2.05) is 31.2 Å². The van der Waals surface area contributed by atoms with Crippen LogP contribution >= 0.6 is 0 Å². The van der Waals surface area contributed by atoms with Crippen LogP contribution in [0, 0.1) is 6.92 Å². The van der Waals surface area contributed by atoms with Crippen molar-refractivity contribution in [2.75, 3.05) is 13.6 Å². The number of nitrogens with zero attached hydrogens (tertiary/aromatic N) is 1. The highest BCUT2D eigenvalue weighted by molar-refractivity contribution is 5.74. The van der Waals surface area contributed by atoms with Crippen molar-refractivity contribution in [3.63, 3.8) is 0 Å². The molecule has 1 aromatic rings. The Morgan fingerprint density at radius 2 is 2.10 bits per heavy atom. The molecule has 0 aliphatic carbocycles. The van der Waals surface area contributed by atoms with Gasteiger partial charge in [0, 0.05) is 26.6 Å². The monoisotopic (exact) mass is 280 g/mol. The van der Waals surface area contributed by atoms with Gasteiger partial charge in [-0.1, -0.05) is 29.8 Å². The second-order valence-electron chi connectivity index (χ2n) is 4.72. The number of aliphatic hydroxyl groups is 1. The first-order valence-electron chi connectivity index (χ1n) is 6.35. The highest BCUT2D eigenvalue weighted by atomic mass is 16.4. The molecule has 0 aromatic heterocycles. The molecule has 0 fully saturated rings. The minimum Gasteiger partial charge on any atom is -0.479 e. The van der Waals surface area contributed by atoms with Gasteiger partial charge in [-0.2, -0.15) is 0 Å². The number of urea groups is 1. The lowest BCUT2D eigenvalue weighted by atomic mass is 10.1. The number of carboxylic acid groups (broad SMARTS) is 1. The molecule has 1 unspecified atom stereocenters. The molecule has 20 heavy (non-hydrogen) atoms. The fourth-order valence-corrected chi connectivity index (χ4v) is 1.73. The van der Waals surface area contributed by atoms with Crippen molar-refractivity contribution in [2.24, 2.45) is 0 Å². The third-order valence-corrected chi connectivity index (χ3v) is 2.83. The molecule has 2 amide bonds. The molecule has 0 spiro atoms. The molecule has 0 saturated heterocycles. The van der Waals surface area contributed by atoms with Crippen molar-refractivity contribution in [3.05, 3.63) is 35.4 Å². The number of carbonyl (C=O) groups is 2. The van der Waals surface area contributed by atoms with Gasteiger partial charge in [-0.25, -0.2) is 9.59 Å². The Bertz CT molecular complexity index is 476. The van der Waals surface area contributed by atoms with E-state index in [-0.39, 0.29) is 19.0 Å². The van der Waals surface area contributed by atoms with Crippen molar-refractivity contribution in [2.45, 2.75) is 26.0 Å². The molecule has 110 valence electrons. The van der Waals surface area contributed by atoms with Crippen LogP contribution < -0.4 is 5.32 Å². The van der Waals surface area contributed by atoms with Gasteiger partial charge >= 0.3 is 12.0 Å². The van der Waals surface area contributed by atoms with E-state index in [1.54, 1.807) is 7.05 Å². The Labute approximate surface area is 118 Å². The zero-order valence-corrected chi connectivity index (χ0v) is 11.7. The molecule has 0 saturated carbocycles. The van der Waals surface area contributed by atoms with Gasteiger partial charge in [-0.3, -0.25) is 0 Å². The largest absolute Gasteiger partial charge is 0.479 e. The molecular weight excluding hydrogens is 260 g/mol. The summed E-state index contributed by atoms with van der Waals surface area (Å²) >= 11 is 0.